The molecule has 1 amide bonds. The van der Waals surface area contributed by atoms with Crippen molar-refractivity contribution in [2.45, 2.75) is 13.5 Å². The van der Waals surface area contributed by atoms with Gasteiger partial charge in [0, 0.05) is 5.56 Å². The number of amides is 1. The zero-order valence-electron chi connectivity index (χ0n) is 20.3. The predicted octanol–water partition coefficient (Wildman–Crippen LogP) is 5.78. The van der Waals surface area contributed by atoms with Crippen LogP contribution in [-0.4, -0.2) is 25.8 Å². The van der Waals surface area contributed by atoms with Gasteiger partial charge in [-0.25, -0.2) is 5.43 Å². The highest BCUT2D eigenvalue weighted by Gasteiger charge is 2.09. The molecule has 0 aliphatic carbocycles. The molecule has 0 atom stereocenters. The number of aryl methyl sites for hydroxylation is 1. The molecule has 182 valence electrons. The number of carbonyl (C=O) groups is 1. The summed E-state index contributed by atoms with van der Waals surface area (Å²) in [4.78, 5) is 12.3. The molecule has 0 bridgehead atoms. The Balaban J connectivity index is 1.31. The number of hydrogen-bond acceptors (Lipinski definition) is 5. The van der Waals surface area contributed by atoms with Crippen LogP contribution in [0.25, 0.3) is 11.1 Å². The normalized spacial score (nSPS) is 10.7. The van der Waals surface area contributed by atoms with Gasteiger partial charge in [-0.1, -0.05) is 78.4 Å². The number of benzene rings is 4. The molecule has 4 rings (SSSR count). The number of rotatable bonds is 10. The van der Waals surface area contributed by atoms with Crippen LogP contribution in [-0.2, 0) is 11.4 Å². The van der Waals surface area contributed by atoms with Gasteiger partial charge in [0.05, 0.1) is 13.3 Å². The molecule has 6 nitrogen and oxygen atoms in total. The topological polar surface area (TPSA) is 69.2 Å². The lowest BCUT2D eigenvalue weighted by Crippen LogP contribution is -2.24. The van der Waals surface area contributed by atoms with E-state index in [2.05, 4.69) is 29.6 Å². The minimum Gasteiger partial charge on any atom is -0.493 e. The minimum absolute atomic E-state index is 0.156. The summed E-state index contributed by atoms with van der Waals surface area (Å²) in [6.07, 6.45) is 1.54. The fourth-order valence-corrected chi connectivity index (χ4v) is 3.53. The van der Waals surface area contributed by atoms with E-state index in [1.165, 1.54) is 5.56 Å². The maximum Gasteiger partial charge on any atom is 0.277 e. The number of hydrogen-bond donors (Lipinski definition) is 1. The Bertz CT molecular complexity index is 1320. The van der Waals surface area contributed by atoms with Crippen molar-refractivity contribution in [1.29, 1.82) is 0 Å². The van der Waals surface area contributed by atoms with Crippen molar-refractivity contribution in [3.8, 4) is 28.4 Å². The monoisotopic (exact) mass is 480 g/mol. The van der Waals surface area contributed by atoms with Crippen molar-refractivity contribution in [3.05, 3.63) is 114 Å². The van der Waals surface area contributed by atoms with Gasteiger partial charge in [0.1, 0.15) is 12.4 Å². The van der Waals surface area contributed by atoms with Gasteiger partial charge in [0.15, 0.2) is 18.1 Å². The van der Waals surface area contributed by atoms with Crippen molar-refractivity contribution >= 4 is 12.1 Å². The average Bonchev–Trinajstić information content (AvgIpc) is 2.92. The summed E-state index contributed by atoms with van der Waals surface area (Å²) in [6, 6.07) is 31.1. The molecule has 6 heteroatoms. The summed E-state index contributed by atoms with van der Waals surface area (Å²) in [7, 11) is 1.58. The largest absolute Gasteiger partial charge is 0.493 e. The van der Waals surface area contributed by atoms with E-state index in [-0.39, 0.29) is 12.5 Å². The first-order chi connectivity index (χ1) is 17.6. The van der Waals surface area contributed by atoms with Gasteiger partial charge in [0.2, 0.25) is 0 Å². The highest BCUT2D eigenvalue weighted by atomic mass is 16.5. The zero-order valence-corrected chi connectivity index (χ0v) is 20.3. The minimum atomic E-state index is -0.362. The quantitative estimate of drug-likeness (QED) is 0.231. The van der Waals surface area contributed by atoms with Crippen LogP contribution in [0.4, 0.5) is 0 Å². The van der Waals surface area contributed by atoms with Crippen LogP contribution in [0.2, 0.25) is 0 Å². The third-order valence-corrected chi connectivity index (χ3v) is 5.44. The molecule has 0 heterocycles. The first-order valence-electron chi connectivity index (χ1n) is 11.6. The van der Waals surface area contributed by atoms with Crippen molar-refractivity contribution in [2.75, 3.05) is 13.7 Å². The van der Waals surface area contributed by atoms with E-state index in [1.807, 2.05) is 78.9 Å². The third kappa shape index (κ3) is 6.73. The van der Waals surface area contributed by atoms with Gasteiger partial charge in [-0.2, -0.15) is 5.10 Å². The van der Waals surface area contributed by atoms with Crippen LogP contribution in [0.15, 0.2) is 102 Å². The number of nitrogens with zero attached hydrogens (tertiary/aromatic N) is 1. The Morgan fingerprint density at radius 1 is 0.833 bits per heavy atom. The molecule has 0 saturated heterocycles. The predicted molar refractivity (Wildman–Crippen MR) is 142 cm³/mol. The van der Waals surface area contributed by atoms with Gasteiger partial charge >= 0.3 is 0 Å². The highest BCUT2D eigenvalue weighted by Crippen LogP contribution is 2.30. The number of methoxy groups -OCH3 is 1. The van der Waals surface area contributed by atoms with Gasteiger partial charge in [-0.15, -0.1) is 0 Å². The second-order valence-corrected chi connectivity index (χ2v) is 8.13. The van der Waals surface area contributed by atoms with Crippen molar-refractivity contribution in [2.24, 2.45) is 5.10 Å². The van der Waals surface area contributed by atoms with E-state index in [9.17, 15) is 4.79 Å². The third-order valence-electron chi connectivity index (χ3n) is 5.44. The lowest BCUT2D eigenvalue weighted by molar-refractivity contribution is -0.123. The number of carbonyl (C=O) groups excluding carboxylic acids is 1. The van der Waals surface area contributed by atoms with Crippen LogP contribution in [0, 0.1) is 6.92 Å². The van der Waals surface area contributed by atoms with Crippen LogP contribution in [0.3, 0.4) is 0 Å². The Kier molecular flexibility index (Phi) is 8.33. The van der Waals surface area contributed by atoms with E-state index >= 15 is 0 Å². The molecule has 0 aliphatic heterocycles. The Morgan fingerprint density at radius 2 is 1.58 bits per heavy atom. The number of nitrogens with one attached hydrogen (secondary N) is 1. The van der Waals surface area contributed by atoms with Crippen molar-refractivity contribution in [1.82, 2.24) is 5.43 Å². The molecule has 0 saturated carbocycles. The molecule has 0 unspecified atom stereocenters. The van der Waals surface area contributed by atoms with Crippen LogP contribution < -0.4 is 19.6 Å². The SMILES string of the molecule is COc1cc(/C=N/NC(=O)COc2ccccc2-c2ccccc2)ccc1OCc1ccc(C)cc1. The maximum absolute atomic E-state index is 12.3. The van der Waals surface area contributed by atoms with Gasteiger partial charge in [0.25, 0.3) is 5.91 Å². The van der Waals surface area contributed by atoms with E-state index in [1.54, 1.807) is 19.4 Å². The van der Waals surface area contributed by atoms with E-state index in [4.69, 9.17) is 14.2 Å². The van der Waals surface area contributed by atoms with Gasteiger partial charge in [-0.3, -0.25) is 4.79 Å². The maximum atomic E-state index is 12.3. The summed E-state index contributed by atoms with van der Waals surface area (Å²) in [5.74, 6) is 1.48. The molecule has 4 aromatic carbocycles. The Morgan fingerprint density at radius 3 is 2.36 bits per heavy atom. The first-order valence-corrected chi connectivity index (χ1v) is 11.6. The summed E-state index contributed by atoms with van der Waals surface area (Å²) in [5.41, 5.74) is 7.47. The van der Waals surface area contributed by atoms with E-state index < -0.39 is 0 Å². The van der Waals surface area contributed by atoms with Crippen molar-refractivity contribution < 1.29 is 19.0 Å². The average molecular weight is 481 g/mol. The standard InChI is InChI=1S/C30H28N2O4/c1-22-12-14-23(15-13-22)20-35-28-17-16-24(18-29(28)34-2)19-31-32-30(33)21-36-27-11-7-6-10-26(27)25-8-4-3-5-9-25/h3-19H,20-21H2,1-2H3,(H,32,33)/b31-19+. The first kappa shape index (κ1) is 24.5. The number of hydrazone groups is 1. The summed E-state index contributed by atoms with van der Waals surface area (Å²) in [5, 5.41) is 4.04. The smallest absolute Gasteiger partial charge is 0.277 e. The summed E-state index contributed by atoms with van der Waals surface area (Å²) >= 11 is 0. The Hall–Kier alpha value is -4.58. The molecule has 1 N–H and O–H groups in total. The fraction of sp³-hybridized carbons (Fsp3) is 0.133. The molecular weight excluding hydrogens is 452 g/mol. The Labute approximate surface area is 211 Å². The van der Waals surface area contributed by atoms with Crippen LogP contribution in [0.5, 0.6) is 17.2 Å². The second kappa shape index (κ2) is 12.2. The number of ether oxygens (including phenoxy) is 3. The van der Waals surface area contributed by atoms with Gasteiger partial charge in [-0.05, 0) is 47.9 Å². The van der Waals surface area contributed by atoms with E-state index in [0.29, 0.717) is 23.9 Å². The highest BCUT2D eigenvalue weighted by molar-refractivity contribution is 5.84. The van der Waals surface area contributed by atoms with Crippen LogP contribution in [0.1, 0.15) is 16.7 Å². The lowest BCUT2D eigenvalue weighted by Gasteiger charge is -2.12. The molecule has 36 heavy (non-hydrogen) atoms. The molecule has 0 aromatic heterocycles. The fourth-order valence-electron chi connectivity index (χ4n) is 3.53. The molecule has 4 aromatic rings. The summed E-state index contributed by atoms with van der Waals surface area (Å²) < 4.78 is 17.1. The zero-order chi connectivity index (χ0) is 25.2. The van der Waals surface area contributed by atoms with Gasteiger partial charge < -0.3 is 14.2 Å². The molecular formula is C30H28N2O4. The van der Waals surface area contributed by atoms with E-state index in [0.717, 1.165) is 22.3 Å². The second-order valence-electron chi connectivity index (χ2n) is 8.13. The molecule has 0 fully saturated rings. The molecule has 0 aliphatic rings. The lowest BCUT2D eigenvalue weighted by atomic mass is 10.1. The molecule has 0 spiro atoms. The van der Waals surface area contributed by atoms with Crippen molar-refractivity contribution in [3.63, 3.8) is 0 Å². The van der Waals surface area contributed by atoms with Crippen LogP contribution >= 0.6 is 0 Å². The molecule has 0 radical (unpaired) electrons. The number of para-hydroxylation sites is 1. The summed E-state index contributed by atoms with van der Waals surface area (Å²) in [6.45, 7) is 2.33.